The van der Waals surface area contributed by atoms with E-state index in [-0.39, 0.29) is 0 Å². The molecule has 1 radical (unpaired) electrons. The highest BCUT2D eigenvalue weighted by Crippen LogP contribution is 2.34. The van der Waals surface area contributed by atoms with Crippen molar-refractivity contribution in [1.82, 2.24) is 0 Å². The van der Waals surface area contributed by atoms with Crippen molar-refractivity contribution in [2.45, 2.75) is 0 Å². The fraction of sp³-hybridized carbons (Fsp3) is 0. The second kappa shape index (κ2) is 3.30. The summed E-state index contributed by atoms with van der Waals surface area (Å²) < 4.78 is 0. The van der Waals surface area contributed by atoms with E-state index >= 15 is 0 Å². The minimum Gasteiger partial charge on any atom is -0.285 e. The maximum atomic E-state index is 10.8. The van der Waals surface area contributed by atoms with Gasteiger partial charge in [-0.3, -0.25) is 4.79 Å². The molecular weight excluding hydrogens is 220 g/mol. The van der Waals surface area contributed by atoms with Crippen molar-refractivity contribution in [3.63, 3.8) is 0 Å². The normalized spacial score (nSPS) is 11.6. The first kappa shape index (κ1) is 9.60. The summed E-state index contributed by atoms with van der Waals surface area (Å²) in [5.74, 6) is 0. The molecule has 83 valence electrons. The molecule has 0 bridgehead atoms. The highest BCUT2D eigenvalue weighted by Gasteiger charge is 2.08. The summed E-state index contributed by atoms with van der Waals surface area (Å²) in [6.07, 6.45) is 1.98. The van der Waals surface area contributed by atoms with Crippen molar-refractivity contribution in [3.05, 3.63) is 60.2 Å². The third-order valence-electron chi connectivity index (χ3n) is 3.58. The number of rotatable bonds is 1. The quantitative estimate of drug-likeness (QED) is 0.450. The third kappa shape index (κ3) is 1.13. The van der Waals surface area contributed by atoms with Crippen LogP contribution in [0.1, 0.15) is 5.56 Å². The Labute approximate surface area is 104 Å². The van der Waals surface area contributed by atoms with Gasteiger partial charge < -0.3 is 0 Å². The van der Waals surface area contributed by atoms with Crippen LogP contribution in [0.5, 0.6) is 0 Å². The minimum absolute atomic E-state index is 0.612. The second-order valence-corrected chi connectivity index (χ2v) is 4.61. The summed E-state index contributed by atoms with van der Waals surface area (Å²) in [5.41, 5.74) is 0.612. The van der Waals surface area contributed by atoms with Crippen LogP contribution in [0.15, 0.2) is 54.6 Å². The Balaban J connectivity index is 2.38. The van der Waals surface area contributed by atoms with Gasteiger partial charge >= 0.3 is 0 Å². The van der Waals surface area contributed by atoms with E-state index < -0.39 is 0 Å². The first-order chi connectivity index (χ1) is 8.86. The highest BCUT2D eigenvalue weighted by molar-refractivity contribution is 6.23. The van der Waals surface area contributed by atoms with E-state index in [1.165, 1.54) is 21.5 Å². The molecule has 18 heavy (non-hydrogen) atoms. The fourth-order valence-corrected chi connectivity index (χ4v) is 2.81. The zero-order chi connectivity index (χ0) is 12.1. The van der Waals surface area contributed by atoms with E-state index in [0.29, 0.717) is 5.56 Å². The average Bonchev–Trinajstić information content (AvgIpc) is 2.44. The van der Waals surface area contributed by atoms with E-state index in [9.17, 15) is 4.79 Å². The lowest BCUT2D eigenvalue weighted by atomic mass is 9.93. The SMILES string of the molecule is O=[C]c1cc2ccc3cccc4ccc(c1)c2c34. The molecule has 0 saturated carbocycles. The van der Waals surface area contributed by atoms with Crippen LogP contribution in [0, 0.1) is 0 Å². The van der Waals surface area contributed by atoms with Gasteiger partial charge in [-0.15, -0.1) is 0 Å². The van der Waals surface area contributed by atoms with Crippen LogP contribution >= 0.6 is 0 Å². The first-order valence-electron chi connectivity index (χ1n) is 5.92. The minimum atomic E-state index is 0.612. The lowest BCUT2D eigenvalue weighted by Crippen LogP contribution is -1.86. The molecule has 0 aromatic heterocycles. The van der Waals surface area contributed by atoms with E-state index in [1.54, 1.807) is 0 Å². The molecule has 0 unspecified atom stereocenters. The highest BCUT2D eigenvalue weighted by atomic mass is 16.1. The van der Waals surface area contributed by atoms with Gasteiger partial charge in [-0.2, -0.15) is 0 Å². The predicted octanol–water partition coefficient (Wildman–Crippen LogP) is 4.04. The fourth-order valence-electron chi connectivity index (χ4n) is 2.81. The Bertz CT molecular complexity index is 826. The number of benzene rings is 4. The van der Waals surface area contributed by atoms with Crippen molar-refractivity contribution in [1.29, 1.82) is 0 Å². The van der Waals surface area contributed by atoms with Gasteiger partial charge in [0.25, 0.3) is 0 Å². The van der Waals surface area contributed by atoms with Gasteiger partial charge in [-0.1, -0.05) is 42.5 Å². The molecule has 0 amide bonds. The van der Waals surface area contributed by atoms with Gasteiger partial charge in [-0.25, -0.2) is 0 Å². The van der Waals surface area contributed by atoms with Crippen molar-refractivity contribution in [2.24, 2.45) is 0 Å². The predicted molar refractivity (Wildman–Crippen MR) is 74.9 cm³/mol. The third-order valence-corrected chi connectivity index (χ3v) is 3.58. The van der Waals surface area contributed by atoms with Crippen LogP contribution in [0.3, 0.4) is 0 Å². The molecule has 1 nitrogen and oxygen atoms in total. The Kier molecular flexibility index (Phi) is 1.76. The van der Waals surface area contributed by atoms with Gasteiger partial charge in [0.15, 0.2) is 0 Å². The number of carbonyl (C=O) groups excluding carboxylic acids is 1. The van der Waals surface area contributed by atoms with Crippen LogP contribution in [-0.4, -0.2) is 6.29 Å². The maximum Gasteiger partial charge on any atom is 0.233 e. The van der Waals surface area contributed by atoms with Gasteiger partial charge in [0.1, 0.15) is 0 Å². The molecule has 1 heteroatoms. The van der Waals surface area contributed by atoms with Crippen LogP contribution in [0.2, 0.25) is 0 Å². The molecular formula is C17H9O. The molecule has 0 heterocycles. The zero-order valence-corrected chi connectivity index (χ0v) is 9.60. The Morgan fingerprint density at radius 2 is 1.17 bits per heavy atom. The molecule has 0 atom stereocenters. The topological polar surface area (TPSA) is 17.1 Å². The summed E-state index contributed by atoms with van der Waals surface area (Å²) in [6, 6.07) is 18.5. The van der Waals surface area contributed by atoms with Gasteiger partial charge in [0, 0.05) is 5.56 Å². The Morgan fingerprint density at radius 1 is 0.667 bits per heavy atom. The van der Waals surface area contributed by atoms with E-state index in [1.807, 2.05) is 18.4 Å². The molecule has 0 spiro atoms. The van der Waals surface area contributed by atoms with Gasteiger partial charge in [0.05, 0.1) is 0 Å². The van der Waals surface area contributed by atoms with E-state index in [0.717, 1.165) is 10.8 Å². The molecule has 4 aromatic carbocycles. The number of hydrogen-bond donors (Lipinski definition) is 0. The summed E-state index contributed by atoms with van der Waals surface area (Å²) >= 11 is 0. The lowest BCUT2D eigenvalue weighted by Gasteiger charge is -2.10. The van der Waals surface area contributed by atoms with Crippen LogP contribution < -0.4 is 0 Å². The summed E-state index contributed by atoms with van der Waals surface area (Å²) in [4.78, 5) is 10.8. The molecule has 0 N–H and O–H groups in total. The summed E-state index contributed by atoms with van der Waals surface area (Å²) in [5, 5.41) is 7.22. The molecule has 0 aliphatic heterocycles. The summed E-state index contributed by atoms with van der Waals surface area (Å²) in [7, 11) is 0. The van der Waals surface area contributed by atoms with Crippen LogP contribution in [0.4, 0.5) is 0 Å². The van der Waals surface area contributed by atoms with Gasteiger partial charge in [-0.05, 0) is 44.5 Å². The molecule has 0 aliphatic rings. The molecule has 0 saturated heterocycles. The molecule has 0 fully saturated rings. The second-order valence-electron chi connectivity index (χ2n) is 4.61. The molecule has 0 aliphatic carbocycles. The van der Waals surface area contributed by atoms with Crippen LogP contribution in [-0.2, 0) is 4.79 Å². The molecule has 4 rings (SSSR count). The smallest absolute Gasteiger partial charge is 0.233 e. The monoisotopic (exact) mass is 229 g/mol. The largest absolute Gasteiger partial charge is 0.285 e. The lowest BCUT2D eigenvalue weighted by molar-refractivity contribution is 0.563. The standard InChI is InChI=1S/C17H9O/c18-10-11-8-14-6-4-12-2-1-3-13-5-7-15(9-11)17(14)16(12)13/h1-9H. The Hall–Kier alpha value is -2.41. The maximum absolute atomic E-state index is 10.8. The average molecular weight is 229 g/mol. The first-order valence-corrected chi connectivity index (χ1v) is 5.92. The van der Waals surface area contributed by atoms with Gasteiger partial charge in [0.2, 0.25) is 6.29 Å². The Morgan fingerprint density at radius 3 is 1.72 bits per heavy atom. The molecule has 4 aromatic rings. The number of hydrogen-bond acceptors (Lipinski definition) is 1. The van der Waals surface area contributed by atoms with E-state index in [4.69, 9.17) is 0 Å². The van der Waals surface area contributed by atoms with Crippen molar-refractivity contribution in [2.75, 3.05) is 0 Å². The van der Waals surface area contributed by atoms with Crippen molar-refractivity contribution in [3.8, 4) is 0 Å². The van der Waals surface area contributed by atoms with Crippen molar-refractivity contribution < 1.29 is 4.79 Å². The summed E-state index contributed by atoms with van der Waals surface area (Å²) in [6.45, 7) is 0. The zero-order valence-electron chi connectivity index (χ0n) is 9.60. The van der Waals surface area contributed by atoms with E-state index in [2.05, 4.69) is 42.5 Å². The van der Waals surface area contributed by atoms with Crippen LogP contribution in [0.25, 0.3) is 32.3 Å². The van der Waals surface area contributed by atoms with Crippen molar-refractivity contribution >= 4 is 38.6 Å².